The molecule has 4 bridgehead atoms. The highest BCUT2D eigenvalue weighted by Crippen LogP contribution is 2.59. The minimum Gasteiger partial charge on any atom is -0.449 e. The number of ether oxygens (including phenoxy) is 2. The standard InChI is InChI=1S/C27H30N2O4/c1-15-8-17-13-26(20(15)11-24(30)32-26)23-9-16(5-7-29(17)23)19-10-18-14-27(21(19)12-25(31)33-27)22-4-2-3-6-28(18)22/h8,10-12,16-18,22-23H,2-7,9,13-14H2,1H3. The number of rotatable bonds is 1. The number of carbonyl (C=O) groups excluding carboxylic acids is 2. The zero-order valence-corrected chi connectivity index (χ0v) is 19.1. The van der Waals surface area contributed by atoms with Gasteiger partial charge in [0.2, 0.25) is 0 Å². The SMILES string of the molecule is CC1=CC2CC3(OC(=O)C=C13)C1CC(C3=CC4CC5(OC(=O)C=C35)C3CCCCN43)CCN21. The molecule has 0 radical (unpaired) electrons. The van der Waals surface area contributed by atoms with Crippen LogP contribution in [-0.4, -0.2) is 70.2 Å². The minimum absolute atomic E-state index is 0.161. The van der Waals surface area contributed by atoms with E-state index in [1.165, 1.54) is 29.6 Å². The highest BCUT2D eigenvalue weighted by molar-refractivity contribution is 5.90. The van der Waals surface area contributed by atoms with E-state index in [1.54, 1.807) is 6.08 Å². The molecule has 4 fully saturated rings. The molecule has 0 aromatic heterocycles. The van der Waals surface area contributed by atoms with Crippen LogP contribution < -0.4 is 0 Å². The quantitative estimate of drug-likeness (QED) is 0.578. The third-order valence-electron chi connectivity index (χ3n) is 10.1. The van der Waals surface area contributed by atoms with Crippen LogP contribution in [0.15, 0.2) is 46.6 Å². The van der Waals surface area contributed by atoms with Crippen molar-refractivity contribution in [2.24, 2.45) is 5.92 Å². The van der Waals surface area contributed by atoms with Gasteiger partial charge in [-0.3, -0.25) is 9.80 Å². The van der Waals surface area contributed by atoms with Crippen molar-refractivity contribution in [3.05, 3.63) is 46.6 Å². The van der Waals surface area contributed by atoms with E-state index in [1.807, 2.05) is 6.08 Å². The Balaban J connectivity index is 1.18. The van der Waals surface area contributed by atoms with E-state index in [9.17, 15) is 9.59 Å². The molecule has 0 aromatic rings. The summed E-state index contributed by atoms with van der Waals surface area (Å²) < 4.78 is 12.3. The highest BCUT2D eigenvalue weighted by atomic mass is 16.6. The summed E-state index contributed by atoms with van der Waals surface area (Å²) in [5.74, 6) is 0.0160. The van der Waals surface area contributed by atoms with Crippen LogP contribution in [0.3, 0.4) is 0 Å². The molecule has 4 saturated heterocycles. The Kier molecular flexibility index (Phi) is 3.53. The number of carbonyl (C=O) groups is 2. The molecule has 2 aliphatic carbocycles. The lowest BCUT2D eigenvalue weighted by Gasteiger charge is -2.44. The van der Waals surface area contributed by atoms with Gasteiger partial charge in [-0.2, -0.15) is 0 Å². The Morgan fingerprint density at radius 2 is 1.55 bits per heavy atom. The zero-order chi connectivity index (χ0) is 22.1. The van der Waals surface area contributed by atoms with Gasteiger partial charge in [0.05, 0.1) is 12.1 Å². The number of hydrogen-bond donors (Lipinski definition) is 0. The maximum absolute atomic E-state index is 12.6. The Labute approximate surface area is 193 Å². The lowest BCUT2D eigenvalue weighted by Crippen LogP contribution is -2.52. The van der Waals surface area contributed by atoms with E-state index >= 15 is 0 Å². The van der Waals surface area contributed by atoms with Crippen molar-refractivity contribution in [3.63, 3.8) is 0 Å². The van der Waals surface area contributed by atoms with Crippen molar-refractivity contribution in [2.45, 2.75) is 87.2 Å². The molecule has 33 heavy (non-hydrogen) atoms. The van der Waals surface area contributed by atoms with Crippen LogP contribution in [0.5, 0.6) is 0 Å². The van der Waals surface area contributed by atoms with Crippen molar-refractivity contribution in [3.8, 4) is 0 Å². The minimum atomic E-state index is -0.487. The molecule has 2 spiro atoms. The number of fused-ring (bicyclic) bond motifs is 6. The van der Waals surface area contributed by atoms with E-state index in [-0.39, 0.29) is 18.0 Å². The first-order valence-corrected chi connectivity index (χ1v) is 12.8. The van der Waals surface area contributed by atoms with Gasteiger partial charge in [0.15, 0.2) is 11.2 Å². The van der Waals surface area contributed by atoms with Crippen LogP contribution >= 0.6 is 0 Å². The number of esters is 2. The van der Waals surface area contributed by atoms with E-state index in [0.717, 1.165) is 50.8 Å². The van der Waals surface area contributed by atoms with Crippen LogP contribution in [0.25, 0.3) is 0 Å². The maximum atomic E-state index is 12.6. The number of piperidine rings is 2. The Morgan fingerprint density at radius 3 is 2.36 bits per heavy atom. The summed E-state index contributed by atoms with van der Waals surface area (Å²) in [7, 11) is 0. The maximum Gasteiger partial charge on any atom is 0.332 e. The largest absolute Gasteiger partial charge is 0.449 e. The molecule has 172 valence electrons. The number of hydrogen-bond acceptors (Lipinski definition) is 6. The van der Waals surface area contributed by atoms with E-state index in [4.69, 9.17) is 9.47 Å². The van der Waals surface area contributed by atoms with Crippen LogP contribution in [0.4, 0.5) is 0 Å². The zero-order valence-electron chi connectivity index (χ0n) is 19.1. The topological polar surface area (TPSA) is 59.1 Å². The molecule has 7 atom stereocenters. The normalized spacial score (nSPS) is 47.5. The summed E-state index contributed by atoms with van der Waals surface area (Å²) in [5, 5.41) is 0. The molecule has 0 N–H and O–H groups in total. The van der Waals surface area contributed by atoms with Crippen LogP contribution in [0.2, 0.25) is 0 Å². The van der Waals surface area contributed by atoms with E-state index < -0.39 is 11.2 Å². The third kappa shape index (κ3) is 2.23. The predicted molar refractivity (Wildman–Crippen MR) is 120 cm³/mol. The van der Waals surface area contributed by atoms with Gasteiger partial charge in [-0.05, 0) is 62.8 Å². The molecule has 0 aromatic carbocycles. The third-order valence-corrected chi connectivity index (χ3v) is 10.1. The summed E-state index contributed by atoms with van der Waals surface area (Å²) in [6.45, 7) is 4.23. The molecule has 6 heterocycles. The summed E-state index contributed by atoms with van der Waals surface area (Å²) in [6, 6.07) is 1.25. The predicted octanol–water partition coefficient (Wildman–Crippen LogP) is 2.81. The molecule has 8 rings (SSSR count). The second kappa shape index (κ2) is 6.08. The van der Waals surface area contributed by atoms with Gasteiger partial charge in [0.1, 0.15) is 0 Å². The van der Waals surface area contributed by atoms with Gasteiger partial charge < -0.3 is 9.47 Å². The monoisotopic (exact) mass is 446 g/mol. The van der Waals surface area contributed by atoms with Crippen molar-refractivity contribution in [2.75, 3.05) is 13.1 Å². The molecule has 6 heteroatoms. The highest BCUT2D eigenvalue weighted by Gasteiger charge is 2.65. The fourth-order valence-electron chi connectivity index (χ4n) is 9.02. The molecular formula is C27H30N2O4. The van der Waals surface area contributed by atoms with Crippen molar-refractivity contribution in [1.29, 1.82) is 0 Å². The first-order valence-electron chi connectivity index (χ1n) is 12.8. The van der Waals surface area contributed by atoms with Gasteiger partial charge in [0.25, 0.3) is 0 Å². The summed E-state index contributed by atoms with van der Waals surface area (Å²) >= 11 is 0. The fourth-order valence-corrected chi connectivity index (χ4v) is 9.02. The summed E-state index contributed by atoms with van der Waals surface area (Å²) in [6.07, 6.45) is 15.8. The van der Waals surface area contributed by atoms with Gasteiger partial charge in [0, 0.05) is 48.2 Å². The average Bonchev–Trinajstić information content (AvgIpc) is 3.49. The molecule has 6 nitrogen and oxygen atoms in total. The van der Waals surface area contributed by atoms with Gasteiger partial charge >= 0.3 is 11.9 Å². The van der Waals surface area contributed by atoms with Crippen LogP contribution in [0, 0.1) is 5.92 Å². The van der Waals surface area contributed by atoms with E-state index in [0.29, 0.717) is 24.0 Å². The summed E-state index contributed by atoms with van der Waals surface area (Å²) in [4.78, 5) is 30.2. The summed E-state index contributed by atoms with van der Waals surface area (Å²) in [5.41, 5.74) is 3.90. The van der Waals surface area contributed by atoms with Crippen molar-refractivity contribution >= 4 is 11.9 Å². The first-order chi connectivity index (χ1) is 16.0. The molecule has 0 amide bonds. The van der Waals surface area contributed by atoms with Gasteiger partial charge in [-0.25, -0.2) is 9.59 Å². The Bertz CT molecular complexity index is 1130. The van der Waals surface area contributed by atoms with Crippen molar-refractivity contribution in [1.82, 2.24) is 9.80 Å². The smallest absolute Gasteiger partial charge is 0.332 e. The van der Waals surface area contributed by atoms with Crippen LogP contribution in [-0.2, 0) is 19.1 Å². The lowest BCUT2D eigenvalue weighted by atomic mass is 9.69. The molecule has 6 aliphatic heterocycles. The number of nitrogens with zero attached hydrogens (tertiary/aromatic N) is 2. The van der Waals surface area contributed by atoms with Crippen LogP contribution in [0.1, 0.15) is 51.9 Å². The molecule has 0 saturated carbocycles. The fraction of sp³-hybridized carbons (Fsp3) is 0.630. The van der Waals surface area contributed by atoms with Crippen molar-refractivity contribution < 1.29 is 19.1 Å². The van der Waals surface area contributed by atoms with Gasteiger partial charge in [-0.15, -0.1) is 0 Å². The van der Waals surface area contributed by atoms with Gasteiger partial charge in [-0.1, -0.05) is 18.6 Å². The Morgan fingerprint density at radius 1 is 0.848 bits per heavy atom. The Hall–Kier alpha value is -2.18. The molecular weight excluding hydrogens is 416 g/mol. The second-order valence-corrected chi connectivity index (χ2v) is 11.5. The van der Waals surface area contributed by atoms with E-state index in [2.05, 4.69) is 28.9 Å². The first kappa shape index (κ1) is 19.2. The average molecular weight is 447 g/mol. The molecule has 8 aliphatic rings. The second-order valence-electron chi connectivity index (χ2n) is 11.5. The lowest BCUT2D eigenvalue weighted by molar-refractivity contribution is -0.149. The molecule has 7 unspecified atom stereocenters.